The van der Waals surface area contributed by atoms with Gasteiger partial charge in [0, 0.05) is 31.1 Å². The Morgan fingerprint density at radius 1 is 1.10 bits per heavy atom. The van der Waals surface area contributed by atoms with Gasteiger partial charge < -0.3 is 14.6 Å². The second-order valence-electron chi connectivity index (χ2n) is 6.20. The molecule has 3 heterocycles. The molecule has 31 heavy (non-hydrogen) atoms. The van der Waals surface area contributed by atoms with Crippen LogP contribution in [0.4, 0.5) is 10.8 Å². The topological polar surface area (TPSA) is 128 Å². The third kappa shape index (κ3) is 5.05. The fourth-order valence-electron chi connectivity index (χ4n) is 2.52. The van der Waals surface area contributed by atoms with Crippen LogP contribution in [0.15, 0.2) is 71.6 Å². The van der Waals surface area contributed by atoms with Crippen LogP contribution < -0.4 is 14.8 Å². The first-order valence-corrected chi connectivity index (χ1v) is 11.2. The van der Waals surface area contributed by atoms with Gasteiger partial charge in [-0.1, -0.05) is 11.3 Å². The summed E-state index contributed by atoms with van der Waals surface area (Å²) in [5.74, 6) is 1.15. The summed E-state index contributed by atoms with van der Waals surface area (Å²) in [6.45, 7) is 1.32. The highest BCUT2D eigenvalue weighted by Gasteiger charge is 2.18. The van der Waals surface area contributed by atoms with Crippen molar-refractivity contribution in [2.75, 3.05) is 10.0 Å². The van der Waals surface area contributed by atoms with E-state index >= 15 is 0 Å². The number of thiazole rings is 1. The lowest BCUT2D eigenvalue weighted by molar-refractivity contribution is -0.114. The van der Waals surface area contributed by atoms with Gasteiger partial charge in [-0.25, -0.2) is 23.4 Å². The molecule has 0 aliphatic rings. The molecule has 0 atom stereocenters. The quantitative estimate of drug-likeness (QED) is 0.437. The zero-order valence-electron chi connectivity index (χ0n) is 16.1. The molecular weight excluding hydrogens is 440 g/mol. The molecular formula is C19H16N6O4S2. The molecule has 0 fully saturated rings. The van der Waals surface area contributed by atoms with Crippen LogP contribution >= 0.6 is 11.3 Å². The molecule has 0 bridgehead atoms. The molecule has 3 aromatic heterocycles. The first kappa shape index (κ1) is 20.5. The normalized spacial score (nSPS) is 11.1. The van der Waals surface area contributed by atoms with Crippen LogP contribution in [0, 0.1) is 0 Å². The Morgan fingerprint density at radius 2 is 1.84 bits per heavy atom. The molecule has 158 valence electrons. The van der Waals surface area contributed by atoms with Crippen molar-refractivity contribution in [3.63, 3.8) is 0 Å². The van der Waals surface area contributed by atoms with Gasteiger partial charge in [0.1, 0.15) is 17.9 Å². The summed E-state index contributed by atoms with van der Waals surface area (Å²) < 4.78 is 35.1. The van der Waals surface area contributed by atoms with Gasteiger partial charge >= 0.3 is 0 Å². The molecule has 4 aromatic rings. The Labute approximate surface area is 181 Å². The zero-order valence-corrected chi connectivity index (χ0v) is 17.7. The minimum atomic E-state index is -3.84. The van der Waals surface area contributed by atoms with E-state index in [1.165, 1.54) is 19.4 Å². The van der Waals surface area contributed by atoms with Crippen LogP contribution in [-0.4, -0.2) is 33.8 Å². The van der Waals surface area contributed by atoms with Gasteiger partial charge in [0.05, 0.1) is 6.20 Å². The summed E-state index contributed by atoms with van der Waals surface area (Å²) in [5.41, 5.74) is 0.345. The van der Waals surface area contributed by atoms with Gasteiger partial charge in [-0.15, -0.1) is 0 Å². The third-order valence-electron chi connectivity index (χ3n) is 3.86. The maximum atomic E-state index is 12.5. The summed E-state index contributed by atoms with van der Waals surface area (Å²) in [7, 11) is -3.84. The van der Waals surface area contributed by atoms with Crippen molar-refractivity contribution in [1.82, 2.24) is 19.5 Å². The predicted octanol–water partition coefficient (Wildman–Crippen LogP) is 3.28. The van der Waals surface area contributed by atoms with E-state index in [9.17, 15) is 13.2 Å². The highest BCUT2D eigenvalue weighted by atomic mass is 32.2. The Kier molecular flexibility index (Phi) is 5.64. The average molecular weight is 457 g/mol. The molecule has 4 rings (SSSR count). The third-order valence-corrected chi connectivity index (χ3v) is 6.61. The number of hydrogen-bond acceptors (Lipinski definition) is 8. The Morgan fingerprint density at radius 3 is 2.55 bits per heavy atom. The summed E-state index contributed by atoms with van der Waals surface area (Å²) in [6, 6.07) is 11.8. The van der Waals surface area contributed by atoms with E-state index in [4.69, 9.17) is 4.74 Å². The Hall–Kier alpha value is -3.77. The predicted molar refractivity (Wildman–Crippen MR) is 115 cm³/mol. The largest absolute Gasteiger partial charge is 0.439 e. The first-order valence-electron chi connectivity index (χ1n) is 8.89. The number of carbonyl (C=O) groups excluding carboxylic acids is 1. The van der Waals surface area contributed by atoms with Crippen LogP contribution in [0.25, 0.3) is 5.82 Å². The maximum Gasteiger partial charge on any atom is 0.273 e. The average Bonchev–Trinajstić information content (AvgIpc) is 3.42. The number of benzene rings is 1. The van der Waals surface area contributed by atoms with Gasteiger partial charge in [-0.05, 0) is 36.4 Å². The molecule has 0 unspecified atom stereocenters. The number of ether oxygens (including phenoxy) is 1. The molecule has 0 aliphatic carbocycles. The minimum Gasteiger partial charge on any atom is -0.439 e. The lowest BCUT2D eigenvalue weighted by Gasteiger charge is -2.09. The summed E-state index contributed by atoms with van der Waals surface area (Å²) >= 11 is 0.858. The molecule has 12 heteroatoms. The lowest BCUT2D eigenvalue weighted by Crippen LogP contribution is -2.11. The van der Waals surface area contributed by atoms with E-state index < -0.39 is 10.0 Å². The Bertz CT molecular complexity index is 1300. The van der Waals surface area contributed by atoms with Crippen LogP contribution in [0.3, 0.4) is 0 Å². The Balaban J connectivity index is 1.44. The van der Waals surface area contributed by atoms with Crippen LogP contribution in [0.2, 0.25) is 0 Å². The fraction of sp³-hybridized carbons (Fsp3) is 0.0526. The van der Waals surface area contributed by atoms with E-state index in [1.54, 1.807) is 30.3 Å². The number of anilines is 2. The van der Waals surface area contributed by atoms with E-state index in [2.05, 4.69) is 25.0 Å². The van der Waals surface area contributed by atoms with E-state index in [0.717, 1.165) is 11.3 Å². The number of sulfonamides is 1. The molecule has 0 saturated carbocycles. The highest BCUT2D eigenvalue weighted by Crippen LogP contribution is 2.27. The van der Waals surface area contributed by atoms with Crippen LogP contribution in [-0.2, 0) is 14.8 Å². The number of hydrogen-bond donors (Lipinski definition) is 2. The van der Waals surface area contributed by atoms with Crippen molar-refractivity contribution >= 4 is 38.1 Å². The minimum absolute atomic E-state index is 0.0184. The number of amides is 1. The van der Waals surface area contributed by atoms with Gasteiger partial charge in [-0.3, -0.25) is 9.52 Å². The summed E-state index contributed by atoms with van der Waals surface area (Å²) in [4.78, 5) is 23.2. The SMILES string of the molecule is CC(=O)Nc1ncc(S(=O)(=O)Nc2ccc(Oc3cc(-n4cccc4)ncn3)cc2)s1. The van der Waals surface area contributed by atoms with Crippen molar-refractivity contribution in [2.45, 2.75) is 11.1 Å². The molecule has 0 spiro atoms. The number of nitrogens with one attached hydrogen (secondary N) is 2. The smallest absolute Gasteiger partial charge is 0.273 e. The second kappa shape index (κ2) is 8.53. The van der Waals surface area contributed by atoms with Crippen molar-refractivity contribution in [1.29, 1.82) is 0 Å². The number of carbonyl (C=O) groups is 1. The van der Waals surface area contributed by atoms with E-state index in [-0.39, 0.29) is 15.2 Å². The lowest BCUT2D eigenvalue weighted by atomic mass is 10.3. The van der Waals surface area contributed by atoms with Gasteiger partial charge in [0.25, 0.3) is 10.0 Å². The molecule has 10 nitrogen and oxygen atoms in total. The van der Waals surface area contributed by atoms with Gasteiger partial charge in [0.15, 0.2) is 9.34 Å². The first-order chi connectivity index (χ1) is 14.9. The monoisotopic (exact) mass is 456 g/mol. The van der Waals surface area contributed by atoms with Crippen molar-refractivity contribution in [3.05, 3.63) is 67.4 Å². The standard InChI is InChI=1S/C19H16N6O4S2/c1-13(26)23-19-20-11-18(30-19)31(27,28)24-14-4-6-15(7-5-14)29-17-10-16(21-12-22-17)25-8-2-3-9-25/h2-12,24H,1H3,(H,20,23,26). The summed E-state index contributed by atoms with van der Waals surface area (Å²) in [5, 5.41) is 2.66. The molecule has 0 saturated heterocycles. The van der Waals surface area contributed by atoms with Crippen LogP contribution in [0.1, 0.15) is 6.92 Å². The molecule has 0 radical (unpaired) electrons. The van der Waals surface area contributed by atoms with E-state index in [1.807, 2.05) is 29.1 Å². The number of nitrogens with zero attached hydrogens (tertiary/aromatic N) is 4. The molecule has 0 aliphatic heterocycles. The molecule has 2 N–H and O–H groups in total. The van der Waals surface area contributed by atoms with Crippen LogP contribution in [0.5, 0.6) is 11.6 Å². The molecule has 1 amide bonds. The number of aromatic nitrogens is 4. The van der Waals surface area contributed by atoms with E-state index in [0.29, 0.717) is 23.1 Å². The van der Waals surface area contributed by atoms with Gasteiger partial charge in [0.2, 0.25) is 11.8 Å². The summed E-state index contributed by atoms with van der Waals surface area (Å²) in [6.07, 6.45) is 6.30. The maximum absolute atomic E-state index is 12.5. The van der Waals surface area contributed by atoms with Crippen molar-refractivity contribution in [2.24, 2.45) is 0 Å². The van der Waals surface area contributed by atoms with Crippen molar-refractivity contribution in [3.8, 4) is 17.4 Å². The zero-order chi connectivity index (χ0) is 21.8. The van der Waals surface area contributed by atoms with Crippen molar-refractivity contribution < 1.29 is 17.9 Å². The highest BCUT2D eigenvalue weighted by molar-refractivity contribution is 7.94. The number of rotatable bonds is 7. The fourth-order valence-corrected chi connectivity index (χ4v) is 4.66. The van der Waals surface area contributed by atoms with Gasteiger partial charge in [-0.2, -0.15) is 0 Å². The second-order valence-corrected chi connectivity index (χ2v) is 9.14. The molecule has 1 aromatic carbocycles.